The van der Waals surface area contributed by atoms with E-state index in [1.807, 2.05) is 18.2 Å². The highest BCUT2D eigenvalue weighted by Crippen LogP contribution is 2.19. The van der Waals surface area contributed by atoms with Crippen LogP contribution in [0.4, 0.5) is 11.4 Å². The number of para-hydroxylation sites is 1. The molecule has 1 N–H and O–H groups in total. The third-order valence-corrected chi connectivity index (χ3v) is 3.82. The van der Waals surface area contributed by atoms with Crippen LogP contribution in [0.15, 0.2) is 54.1 Å². The second-order valence-corrected chi connectivity index (χ2v) is 5.62. The van der Waals surface area contributed by atoms with Crippen LogP contribution in [0, 0.1) is 25.0 Å². The lowest BCUT2D eigenvalue weighted by Gasteiger charge is -2.06. The number of amides is 1. The molecule has 7 heteroatoms. The molecule has 2 rings (SSSR count). The quantitative estimate of drug-likeness (QED) is 0.269. The Labute approximate surface area is 145 Å². The molecule has 0 bridgehead atoms. The van der Waals surface area contributed by atoms with Crippen LogP contribution < -0.4 is 5.32 Å². The molecule has 0 aliphatic heterocycles. The van der Waals surface area contributed by atoms with Crippen LogP contribution in [0.3, 0.4) is 0 Å². The molecular formula is C16H10IN3O3. The summed E-state index contributed by atoms with van der Waals surface area (Å²) < 4.78 is 0.839. The van der Waals surface area contributed by atoms with Crippen molar-refractivity contribution in [1.29, 1.82) is 5.26 Å². The number of hydrogen-bond acceptors (Lipinski definition) is 4. The average molecular weight is 419 g/mol. The van der Waals surface area contributed by atoms with E-state index in [4.69, 9.17) is 5.26 Å². The van der Waals surface area contributed by atoms with Gasteiger partial charge in [0.2, 0.25) is 0 Å². The van der Waals surface area contributed by atoms with Gasteiger partial charge in [0.1, 0.15) is 11.6 Å². The summed E-state index contributed by atoms with van der Waals surface area (Å²) in [4.78, 5) is 22.4. The van der Waals surface area contributed by atoms with Gasteiger partial charge in [-0.3, -0.25) is 14.9 Å². The van der Waals surface area contributed by atoms with Crippen molar-refractivity contribution in [1.82, 2.24) is 0 Å². The number of nitriles is 1. The number of nitrogens with zero attached hydrogens (tertiary/aromatic N) is 2. The lowest BCUT2D eigenvalue weighted by atomic mass is 10.1. The molecular weight excluding hydrogens is 409 g/mol. The van der Waals surface area contributed by atoms with Crippen LogP contribution in [-0.2, 0) is 4.79 Å². The predicted octanol–water partition coefficient (Wildman–Crippen LogP) is 3.75. The molecule has 0 atom stereocenters. The van der Waals surface area contributed by atoms with Gasteiger partial charge in [-0.05, 0) is 46.4 Å². The van der Waals surface area contributed by atoms with Crippen molar-refractivity contribution in [2.75, 3.05) is 5.32 Å². The SMILES string of the molecule is N#C/C(=C/c1cccc([N+](=O)[O-])c1)C(=O)Nc1ccccc1I. The van der Waals surface area contributed by atoms with Crippen molar-refractivity contribution in [3.05, 3.63) is 73.4 Å². The Hall–Kier alpha value is -2.73. The van der Waals surface area contributed by atoms with Gasteiger partial charge >= 0.3 is 0 Å². The molecule has 0 aliphatic rings. The molecule has 0 aliphatic carbocycles. The van der Waals surface area contributed by atoms with Gasteiger partial charge in [-0.1, -0.05) is 24.3 Å². The zero-order chi connectivity index (χ0) is 16.8. The van der Waals surface area contributed by atoms with E-state index in [2.05, 4.69) is 27.9 Å². The number of halogens is 1. The minimum absolute atomic E-state index is 0.103. The molecule has 6 nitrogen and oxygen atoms in total. The molecule has 114 valence electrons. The summed E-state index contributed by atoms with van der Waals surface area (Å²) in [5, 5.41) is 22.6. The lowest BCUT2D eigenvalue weighted by Crippen LogP contribution is -2.14. The normalized spacial score (nSPS) is 10.7. The molecule has 1 amide bonds. The summed E-state index contributed by atoms with van der Waals surface area (Å²) in [6, 6.07) is 14.7. The van der Waals surface area contributed by atoms with E-state index in [-0.39, 0.29) is 11.3 Å². The molecule has 23 heavy (non-hydrogen) atoms. The molecule has 0 unspecified atom stereocenters. The molecule has 2 aromatic rings. The Kier molecular flexibility index (Phi) is 5.43. The number of anilines is 1. The summed E-state index contributed by atoms with van der Waals surface area (Å²) >= 11 is 2.07. The Bertz CT molecular complexity index is 840. The van der Waals surface area contributed by atoms with E-state index < -0.39 is 10.8 Å². The van der Waals surface area contributed by atoms with Gasteiger partial charge in [-0.15, -0.1) is 0 Å². The van der Waals surface area contributed by atoms with Crippen LogP contribution in [0.1, 0.15) is 5.56 Å². The molecule has 0 aromatic heterocycles. The van der Waals surface area contributed by atoms with E-state index in [9.17, 15) is 14.9 Å². The fourth-order valence-corrected chi connectivity index (χ4v) is 2.32. The van der Waals surface area contributed by atoms with Crippen LogP contribution in [0.2, 0.25) is 0 Å². The summed E-state index contributed by atoms with van der Waals surface area (Å²) in [6.07, 6.45) is 1.32. The number of rotatable bonds is 4. The summed E-state index contributed by atoms with van der Waals surface area (Å²) in [6.45, 7) is 0. The minimum Gasteiger partial charge on any atom is -0.320 e. The molecule has 0 fully saturated rings. The number of hydrogen-bond donors (Lipinski definition) is 1. The maximum absolute atomic E-state index is 12.2. The second kappa shape index (κ2) is 7.51. The first-order valence-corrected chi connectivity index (χ1v) is 7.51. The number of nitro benzene ring substituents is 1. The largest absolute Gasteiger partial charge is 0.320 e. The first-order chi connectivity index (χ1) is 11.0. The average Bonchev–Trinajstić information content (AvgIpc) is 2.55. The van der Waals surface area contributed by atoms with Crippen LogP contribution in [0.25, 0.3) is 6.08 Å². The van der Waals surface area contributed by atoms with Crippen LogP contribution >= 0.6 is 22.6 Å². The molecule has 0 radical (unpaired) electrons. The fourth-order valence-electron chi connectivity index (χ4n) is 1.80. The van der Waals surface area contributed by atoms with Crippen molar-refractivity contribution in [2.45, 2.75) is 0 Å². The maximum atomic E-state index is 12.2. The topological polar surface area (TPSA) is 96.0 Å². The number of carbonyl (C=O) groups is 1. The van der Waals surface area contributed by atoms with Gasteiger partial charge in [0.15, 0.2) is 0 Å². The van der Waals surface area contributed by atoms with Crippen LogP contribution in [0.5, 0.6) is 0 Å². The van der Waals surface area contributed by atoms with E-state index >= 15 is 0 Å². The number of nitro groups is 1. The first kappa shape index (κ1) is 16.6. The first-order valence-electron chi connectivity index (χ1n) is 6.43. The van der Waals surface area contributed by atoms with Gasteiger partial charge in [-0.25, -0.2) is 0 Å². The van der Waals surface area contributed by atoms with E-state index in [1.54, 1.807) is 18.2 Å². The number of nitrogens with one attached hydrogen (secondary N) is 1. The van der Waals surface area contributed by atoms with E-state index in [0.717, 1.165) is 3.57 Å². The second-order valence-electron chi connectivity index (χ2n) is 4.46. The van der Waals surface area contributed by atoms with Crippen molar-refractivity contribution in [3.63, 3.8) is 0 Å². The number of benzene rings is 2. The number of non-ortho nitro benzene ring substituents is 1. The molecule has 2 aromatic carbocycles. The van der Waals surface area contributed by atoms with Crippen molar-refractivity contribution in [2.24, 2.45) is 0 Å². The summed E-state index contributed by atoms with van der Waals surface area (Å²) in [5.74, 6) is -0.567. The van der Waals surface area contributed by atoms with Gasteiger partial charge in [-0.2, -0.15) is 5.26 Å². The molecule has 0 saturated carbocycles. The molecule has 0 spiro atoms. The highest BCUT2D eigenvalue weighted by atomic mass is 127. The Morgan fingerprint density at radius 3 is 2.65 bits per heavy atom. The Morgan fingerprint density at radius 2 is 2.00 bits per heavy atom. The lowest BCUT2D eigenvalue weighted by molar-refractivity contribution is -0.384. The standard InChI is InChI=1S/C16H10IN3O3/c17-14-6-1-2-7-15(14)19-16(21)12(10-18)8-11-4-3-5-13(9-11)20(22)23/h1-9H,(H,19,21)/b12-8-. The van der Waals surface area contributed by atoms with Crippen molar-refractivity contribution in [3.8, 4) is 6.07 Å². The number of carbonyl (C=O) groups excluding carboxylic acids is 1. The molecule has 0 saturated heterocycles. The van der Waals surface area contributed by atoms with Crippen molar-refractivity contribution < 1.29 is 9.72 Å². The predicted molar refractivity (Wildman–Crippen MR) is 94.5 cm³/mol. The fraction of sp³-hybridized carbons (Fsp3) is 0. The highest BCUT2D eigenvalue weighted by molar-refractivity contribution is 14.1. The smallest absolute Gasteiger partial charge is 0.270 e. The van der Waals surface area contributed by atoms with Gasteiger partial charge in [0, 0.05) is 15.7 Å². The minimum atomic E-state index is -0.567. The summed E-state index contributed by atoms with van der Waals surface area (Å²) in [5.41, 5.74) is 0.770. The van der Waals surface area contributed by atoms with E-state index in [0.29, 0.717) is 11.3 Å². The highest BCUT2D eigenvalue weighted by Gasteiger charge is 2.12. The maximum Gasteiger partial charge on any atom is 0.270 e. The zero-order valence-electron chi connectivity index (χ0n) is 11.7. The van der Waals surface area contributed by atoms with Crippen LogP contribution in [-0.4, -0.2) is 10.8 Å². The third-order valence-electron chi connectivity index (χ3n) is 2.88. The Morgan fingerprint density at radius 1 is 1.26 bits per heavy atom. The van der Waals surface area contributed by atoms with Gasteiger partial charge in [0.25, 0.3) is 11.6 Å². The summed E-state index contributed by atoms with van der Waals surface area (Å²) in [7, 11) is 0. The zero-order valence-corrected chi connectivity index (χ0v) is 13.9. The van der Waals surface area contributed by atoms with E-state index in [1.165, 1.54) is 24.3 Å². The molecule has 0 heterocycles. The van der Waals surface area contributed by atoms with Gasteiger partial charge in [0.05, 0.1) is 10.6 Å². The monoisotopic (exact) mass is 419 g/mol. The van der Waals surface area contributed by atoms with Crippen molar-refractivity contribution >= 4 is 45.9 Å². The Balaban J connectivity index is 2.27. The van der Waals surface area contributed by atoms with Gasteiger partial charge < -0.3 is 5.32 Å². The third kappa shape index (κ3) is 4.37.